The van der Waals surface area contributed by atoms with Gasteiger partial charge in [0.1, 0.15) is 5.56 Å². The maximum absolute atomic E-state index is 10.6. The minimum Gasteiger partial charge on any atom is -0.477 e. The summed E-state index contributed by atoms with van der Waals surface area (Å²) in [5.74, 6) is -1.14. The fraction of sp³-hybridized carbons (Fsp3) is 0.286. The predicted molar refractivity (Wildman–Crippen MR) is 44.6 cm³/mol. The minimum atomic E-state index is -1.14. The van der Waals surface area contributed by atoms with E-state index in [1.54, 1.807) is 6.92 Å². The molecule has 0 bridgehead atoms. The summed E-state index contributed by atoms with van der Waals surface area (Å²) in [7, 11) is 0. The molecule has 0 unspecified atom stereocenters. The van der Waals surface area contributed by atoms with E-state index >= 15 is 0 Å². The van der Waals surface area contributed by atoms with E-state index in [2.05, 4.69) is 9.97 Å². The average molecular weight is 183 g/mol. The summed E-state index contributed by atoms with van der Waals surface area (Å²) in [6.07, 6.45) is 1.12. The zero-order valence-electron chi connectivity index (χ0n) is 7.02. The zero-order chi connectivity index (χ0) is 9.84. The molecule has 0 saturated heterocycles. The quantitative estimate of drug-likeness (QED) is 0.692. The third-order valence-corrected chi connectivity index (χ3v) is 1.28. The third kappa shape index (κ3) is 2.05. The molecule has 1 rings (SSSR count). The highest BCUT2D eigenvalue weighted by molar-refractivity contribution is 5.89. The molecule has 0 fully saturated rings. The van der Waals surface area contributed by atoms with Crippen molar-refractivity contribution in [3.05, 3.63) is 11.8 Å². The van der Waals surface area contributed by atoms with Crippen molar-refractivity contribution in [2.75, 3.05) is 12.3 Å². The number of anilines is 1. The van der Waals surface area contributed by atoms with E-state index in [0.717, 1.165) is 6.20 Å². The number of nitrogen functional groups attached to an aromatic ring is 1. The number of hydrogen-bond acceptors (Lipinski definition) is 5. The van der Waals surface area contributed by atoms with Crippen molar-refractivity contribution < 1.29 is 14.6 Å². The van der Waals surface area contributed by atoms with Crippen LogP contribution in [0.3, 0.4) is 0 Å². The maximum Gasteiger partial charge on any atom is 0.342 e. The number of nitrogens with two attached hydrogens (primary N) is 1. The van der Waals surface area contributed by atoms with Crippen LogP contribution in [0.5, 0.6) is 5.88 Å². The van der Waals surface area contributed by atoms with Gasteiger partial charge in [0.2, 0.25) is 11.8 Å². The van der Waals surface area contributed by atoms with Gasteiger partial charge in [-0.2, -0.15) is 4.98 Å². The minimum absolute atomic E-state index is 0.00231. The van der Waals surface area contributed by atoms with E-state index in [1.807, 2.05) is 0 Å². The first-order chi connectivity index (χ1) is 6.15. The molecule has 70 valence electrons. The van der Waals surface area contributed by atoms with Crippen molar-refractivity contribution in [1.29, 1.82) is 0 Å². The molecule has 1 heterocycles. The number of aromatic carboxylic acids is 1. The second kappa shape index (κ2) is 3.70. The van der Waals surface area contributed by atoms with Crippen LogP contribution in [0, 0.1) is 0 Å². The average Bonchev–Trinajstić information content (AvgIpc) is 2.04. The van der Waals surface area contributed by atoms with Crippen molar-refractivity contribution >= 4 is 11.9 Å². The molecule has 6 nitrogen and oxygen atoms in total. The molecule has 0 aliphatic rings. The van der Waals surface area contributed by atoms with Crippen molar-refractivity contribution in [3.63, 3.8) is 0 Å². The summed E-state index contributed by atoms with van der Waals surface area (Å²) >= 11 is 0. The van der Waals surface area contributed by atoms with Crippen LogP contribution in [-0.4, -0.2) is 27.7 Å². The highest BCUT2D eigenvalue weighted by Gasteiger charge is 2.13. The van der Waals surface area contributed by atoms with Gasteiger partial charge in [-0.15, -0.1) is 0 Å². The number of carboxylic acids is 1. The van der Waals surface area contributed by atoms with Gasteiger partial charge in [-0.05, 0) is 6.92 Å². The number of carboxylic acid groups (broad SMARTS) is 1. The summed E-state index contributed by atoms with van der Waals surface area (Å²) in [5.41, 5.74) is 5.18. The first kappa shape index (κ1) is 9.24. The van der Waals surface area contributed by atoms with Gasteiger partial charge in [0.05, 0.1) is 12.8 Å². The van der Waals surface area contributed by atoms with Crippen LogP contribution < -0.4 is 10.5 Å². The van der Waals surface area contributed by atoms with Crippen LogP contribution >= 0.6 is 0 Å². The van der Waals surface area contributed by atoms with Crippen LogP contribution in [0.25, 0.3) is 0 Å². The van der Waals surface area contributed by atoms with Crippen LogP contribution in [0.2, 0.25) is 0 Å². The molecule has 0 amide bonds. The SMILES string of the molecule is CCOc1nc(N)ncc1C(=O)O. The van der Waals surface area contributed by atoms with E-state index in [0.29, 0.717) is 6.61 Å². The van der Waals surface area contributed by atoms with Gasteiger partial charge in [-0.1, -0.05) is 0 Å². The van der Waals surface area contributed by atoms with Gasteiger partial charge in [-0.25, -0.2) is 9.78 Å². The van der Waals surface area contributed by atoms with E-state index in [4.69, 9.17) is 15.6 Å². The maximum atomic E-state index is 10.6. The first-order valence-electron chi connectivity index (χ1n) is 3.63. The Morgan fingerprint density at radius 1 is 1.77 bits per heavy atom. The molecular weight excluding hydrogens is 174 g/mol. The molecule has 0 atom stereocenters. The van der Waals surface area contributed by atoms with Gasteiger partial charge < -0.3 is 15.6 Å². The summed E-state index contributed by atoms with van der Waals surface area (Å²) < 4.78 is 4.97. The number of rotatable bonds is 3. The normalized spacial score (nSPS) is 9.62. The Kier molecular flexibility index (Phi) is 2.63. The first-order valence-corrected chi connectivity index (χ1v) is 3.63. The fourth-order valence-electron chi connectivity index (χ4n) is 0.772. The van der Waals surface area contributed by atoms with E-state index in [-0.39, 0.29) is 17.4 Å². The van der Waals surface area contributed by atoms with E-state index in [9.17, 15) is 4.79 Å². The molecule has 0 aromatic carbocycles. The standard InChI is InChI=1S/C7H9N3O3/c1-2-13-5-4(6(11)12)3-9-7(8)10-5/h3H,2H2,1H3,(H,11,12)(H2,8,9,10). The van der Waals surface area contributed by atoms with Gasteiger partial charge in [-0.3, -0.25) is 0 Å². The summed E-state index contributed by atoms with van der Waals surface area (Å²) in [4.78, 5) is 17.8. The summed E-state index contributed by atoms with van der Waals surface area (Å²) in [6, 6.07) is 0. The van der Waals surface area contributed by atoms with E-state index in [1.165, 1.54) is 0 Å². The molecule has 13 heavy (non-hydrogen) atoms. The zero-order valence-corrected chi connectivity index (χ0v) is 7.02. The summed E-state index contributed by atoms with van der Waals surface area (Å²) in [6.45, 7) is 2.06. The fourth-order valence-corrected chi connectivity index (χ4v) is 0.772. The molecule has 1 aromatic heterocycles. The number of aromatic nitrogens is 2. The number of hydrogen-bond donors (Lipinski definition) is 2. The molecule has 0 radical (unpaired) electrons. The molecule has 0 saturated carbocycles. The van der Waals surface area contributed by atoms with Gasteiger partial charge >= 0.3 is 5.97 Å². The predicted octanol–water partition coefficient (Wildman–Crippen LogP) is 0.156. The lowest BCUT2D eigenvalue weighted by molar-refractivity contribution is 0.0691. The highest BCUT2D eigenvalue weighted by atomic mass is 16.5. The third-order valence-electron chi connectivity index (χ3n) is 1.28. The lowest BCUT2D eigenvalue weighted by Gasteiger charge is -2.04. The Balaban J connectivity index is 3.10. The number of carbonyl (C=O) groups is 1. The molecule has 0 aliphatic heterocycles. The van der Waals surface area contributed by atoms with Gasteiger partial charge in [0, 0.05) is 0 Å². The van der Waals surface area contributed by atoms with Crippen LogP contribution in [0.1, 0.15) is 17.3 Å². The monoisotopic (exact) mass is 183 g/mol. The number of ether oxygens (including phenoxy) is 1. The van der Waals surface area contributed by atoms with Crippen LogP contribution in [0.4, 0.5) is 5.95 Å². The van der Waals surface area contributed by atoms with Crippen molar-refractivity contribution in [3.8, 4) is 5.88 Å². The second-order valence-corrected chi connectivity index (χ2v) is 2.19. The smallest absolute Gasteiger partial charge is 0.342 e. The van der Waals surface area contributed by atoms with Crippen molar-refractivity contribution in [2.45, 2.75) is 6.92 Å². The Bertz CT molecular complexity index is 327. The van der Waals surface area contributed by atoms with Gasteiger partial charge in [0.25, 0.3) is 0 Å². The molecule has 0 spiro atoms. The second-order valence-electron chi connectivity index (χ2n) is 2.19. The largest absolute Gasteiger partial charge is 0.477 e. The molecule has 1 aromatic rings. The highest BCUT2D eigenvalue weighted by Crippen LogP contribution is 2.14. The van der Waals surface area contributed by atoms with Crippen LogP contribution in [0.15, 0.2) is 6.20 Å². The summed E-state index contributed by atoms with van der Waals surface area (Å²) in [5, 5.41) is 8.68. The Labute approximate surface area is 74.4 Å². The Morgan fingerprint density at radius 3 is 3.00 bits per heavy atom. The Morgan fingerprint density at radius 2 is 2.46 bits per heavy atom. The lowest BCUT2D eigenvalue weighted by atomic mass is 10.3. The van der Waals surface area contributed by atoms with E-state index < -0.39 is 5.97 Å². The van der Waals surface area contributed by atoms with Gasteiger partial charge in [0.15, 0.2) is 0 Å². The Hall–Kier alpha value is -1.85. The molecule has 3 N–H and O–H groups in total. The molecular formula is C7H9N3O3. The van der Waals surface area contributed by atoms with Crippen LogP contribution in [-0.2, 0) is 0 Å². The molecule has 6 heteroatoms. The lowest BCUT2D eigenvalue weighted by Crippen LogP contribution is -2.07. The topological polar surface area (TPSA) is 98.3 Å². The van der Waals surface area contributed by atoms with Crippen molar-refractivity contribution in [2.24, 2.45) is 0 Å². The number of nitrogens with zero attached hydrogens (tertiary/aromatic N) is 2. The molecule has 0 aliphatic carbocycles. The van der Waals surface area contributed by atoms with Crippen molar-refractivity contribution in [1.82, 2.24) is 9.97 Å².